The number of allylic oxidation sites excluding steroid dienone is 2. The topological polar surface area (TPSA) is 9.23 Å². The van der Waals surface area contributed by atoms with Gasteiger partial charge in [-0.05, 0) is 12.5 Å². The maximum Gasteiger partial charge on any atom is 0.373 e. The molecule has 0 bridgehead atoms. The van der Waals surface area contributed by atoms with Crippen LogP contribution in [-0.2, 0) is 4.65 Å². The monoisotopic (exact) mass is 134 g/mol. The fraction of sp³-hybridized carbons (Fsp3) is 0.250. The van der Waals surface area contributed by atoms with Gasteiger partial charge < -0.3 is 4.65 Å². The molecule has 0 fully saturated rings. The summed E-state index contributed by atoms with van der Waals surface area (Å²) in [6, 6.07) is 0. The molecule has 2 radical (unpaired) electrons. The van der Waals surface area contributed by atoms with E-state index >= 15 is 0 Å². The van der Waals surface area contributed by atoms with E-state index in [1.807, 2.05) is 6.92 Å². The minimum Gasteiger partial charge on any atom is -0.571 e. The SMILES string of the molecule is [B]OC(=C)CC(=C)C(=C)C. The van der Waals surface area contributed by atoms with Crippen LogP contribution in [0, 0.1) is 0 Å². The maximum absolute atomic E-state index is 4.85. The molecule has 0 aliphatic heterocycles. The summed E-state index contributed by atoms with van der Waals surface area (Å²) in [5.74, 6) is 0.507. The van der Waals surface area contributed by atoms with Crippen molar-refractivity contribution in [2.45, 2.75) is 13.3 Å². The molecule has 0 amide bonds. The minimum absolute atomic E-state index is 0.507. The van der Waals surface area contributed by atoms with E-state index in [-0.39, 0.29) is 0 Å². The van der Waals surface area contributed by atoms with Crippen molar-refractivity contribution in [1.82, 2.24) is 0 Å². The molecule has 0 N–H and O–H groups in total. The maximum atomic E-state index is 4.85. The summed E-state index contributed by atoms with van der Waals surface area (Å²) >= 11 is 0. The fourth-order valence-electron chi connectivity index (χ4n) is 0.431. The predicted octanol–water partition coefficient (Wildman–Crippen LogP) is 2.12. The average Bonchev–Trinajstić information content (AvgIpc) is 1.87. The first-order chi connectivity index (χ1) is 4.57. The Labute approximate surface area is 63.5 Å². The molecule has 0 aromatic heterocycles. The van der Waals surface area contributed by atoms with Crippen LogP contribution in [-0.4, -0.2) is 8.05 Å². The van der Waals surface area contributed by atoms with Crippen LogP contribution in [0.15, 0.2) is 36.6 Å². The molecule has 0 aliphatic carbocycles. The van der Waals surface area contributed by atoms with Gasteiger partial charge in [-0.2, -0.15) is 0 Å². The second kappa shape index (κ2) is 3.99. The lowest BCUT2D eigenvalue weighted by Gasteiger charge is -2.06. The van der Waals surface area contributed by atoms with Crippen LogP contribution in [0.2, 0.25) is 0 Å². The number of hydrogen-bond donors (Lipinski definition) is 0. The molecule has 0 saturated heterocycles. The molecule has 0 aromatic rings. The summed E-state index contributed by atoms with van der Waals surface area (Å²) in [6.45, 7) is 12.9. The van der Waals surface area contributed by atoms with Gasteiger partial charge in [0.1, 0.15) is 0 Å². The highest BCUT2D eigenvalue weighted by atomic mass is 16.4. The van der Waals surface area contributed by atoms with Gasteiger partial charge in [0.05, 0.1) is 5.76 Å². The first-order valence-corrected chi connectivity index (χ1v) is 2.96. The summed E-state index contributed by atoms with van der Waals surface area (Å²) in [6.07, 6.45) is 0.561. The van der Waals surface area contributed by atoms with E-state index in [0.29, 0.717) is 12.2 Å². The van der Waals surface area contributed by atoms with Crippen molar-refractivity contribution >= 4 is 8.05 Å². The summed E-state index contributed by atoms with van der Waals surface area (Å²) in [5, 5.41) is 0. The molecule has 10 heavy (non-hydrogen) atoms. The normalized spacial score (nSPS) is 8.50. The van der Waals surface area contributed by atoms with Crippen LogP contribution in [0.3, 0.4) is 0 Å². The van der Waals surface area contributed by atoms with Gasteiger partial charge in [-0.1, -0.05) is 25.3 Å². The van der Waals surface area contributed by atoms with Gasteiger partial charge >= 0.3 is 8.05 Å². The Balaban J connectivity index is 3.80. The third kappa shape index (κ3) is 3.18. The Bertz CT molecular complexity index is 170. The highest BCUT2D eigenvalue weighted by Crippen LogP contribution is 2.13. The van der Waals surface area contributed by atoms with Crippen molar-refractivity contribution in [2.24, 2.45) is 0 Å². The molecule has 0 atom stereocenters. The zero-order valence-electron chi connectivity index (χ0n) is 6.31. The molecule has 2 heteroatoms. The molecule has 0 spiro atoms. The molecule has 0 aromatic carbocycles. The van der Waals surface area contributed by atoms with Crippen molar-refractivity contribution in [3.05, 3.63) is 36.6 Å². The number of hydrogen-bond acceptors (Lipinski definition) is 1. The summed E-state index contributed by atoms with van der Waals surface area (Å²) in [7, 11) is 4.85. The van der Waals surface area contributed by atoms with E-state index in [2.05, 4.69) is 24.4 Å². The van der Waals surface area contributed by atoms with Gasteiger partial charge in [0, 0.05) is 6.42 Å². The summed E-state index contributed by atoms with van der Waals surface area (Å²) < 4.78 is 4.37. The molecule has 0 aliphatic rings. The van der Waals surface area contributed by atoms with Crippen LogP contribution in [0.5, 0.6) is 0 Å². The Hall–Kier alpha value is -0.915. The van der Waals surface area contributed by atoms with E-state index in [0.717, 1.165) is 11.1 Å². The van der Waals surface area contributed by atoms with Crippen LogP contribution >= 0.6 is 0 Å². The molecule has 0 saturated carbocycles. The lowest BCUT2D eigenvalue weighted by Crippen LogP contribution is -1.89. The average molecular weight is 134 g/mol. The van der Waals surface area contributed by atoms with Crippen LogP contribution in [0.4, 0.5) is 0 Å². The van der Waals surface area contributed by atoms with E-state index in [1.54, 1.807) is 0 Å². The van der Waals surface area contributed by atoms with Crippen LogP contribution < -0.4 is 0 Å². The van der Waals surface area contributed by atoms with Gasteiger partial charge in [0.2, 0.25) is 0 Å². The lowest BCUT2D eigenvalue weighted by molar-refractivity contribution is 0.459. The number of rotatable bonds is 4. The summed E-state index contributed by atoms with van der Waals surface area (Å²) in [4.78, 5) is 0. The van der Waals surface area contributed by atoms with Crippen molar-refractivity contribution in [1.29, 1.82) is 0 Å². The Morgan fingerprint density at radius 1 is 1.40 bits per heavy atom. The minimum atomic E-state index is 0.507. The van der Waals surface area contributed by atoms with E-state index in [9.17, 15) is 0 Å². The molecule has 52 valence electrons. The summed E-state index contributed by atoms with van der Waals surface area (Å²) in [5.41, 5.74) is 1.83. The standard InChI is InChI=1S/C8H11BO/c1-6(2)7(3)5-8(4)10-9/h1,3-5H2,2H3. The van der Waals surface area contributed by atoms with Gasteiger partial charge in [-0.25, -0.2) is 0 Å². The lowest BCUT2D eigenvalue weighted by atomic mass is 10.1. The van der Waals surface area contributed by atoms with Crippen molar-refractivity contribution < 1.29 is 4.65 Å². The van der Waals surface area contributed by atoms with Crippen molar-refractivity contribution in [3.63, 3.8) is 0 Å². The second-order valence-electron chi connectivity index (χ2n) is 2.22. The molecule has 0 rings (SSSR count). The largest absolute Gasteiger partial charge is 0.571 e. The molecular formula is C8H11BO. The predicted molar refractivity (Wildman–Crippen MR) is 44.6 cm³/mol. The van der Waals surface area contributed by atoms with E-state index in [1.165, 1.54) is 0 Å². The Kier molecular flexibility index (Phi) is 3.63. The van der Waals surface area contributed by atoms with E-state index in [4.69, 9.17) is 8.05 Å². The van der Waals surface area contributed by atoms with Crippen LogP contribution in [0.1, 0.15) is 13.3 Å². The van der Waals surface area contributed by atoms with Gasteiger partial charge in [-0.15, -0.1) is 0 Å². The zero-order valence-corrected chi connectivity index (χ0v) is 6.31. The molecule has 1 nitrogen and oxygen atoms in total. The Morgan fingerprint density at radius 2 is 1.90 bits per heavy atom. The first kappa shape index (κ1) is 9.08. The molecule has 0 heterocycles. The van der Waals surface area contributed by atoms with E-state index < -0.39 is 0 Å². The fourth-order valence-corrected chi connectivity index (χ4v) is 0.431. The highest BCUT2D eigenvalue weighted by molar-refractivity contribution is 5.98. The van der Waals surface area contributed by atoms with Gasteiger partial charge in [-0.3, -0.25) is 0 Å². The highest BCUT2D eigenvalue weighted by Gasteiger charge is 1.96. The molecule has 0 unspecified atom stereocenters. The van der Waals surface area contributed by atoms with Crippen molar-refractivity contribution in [3.8, 4) is 0 Å². The zero-order chi connectivity index (χ0) is 8.15. The smallest absolute Gasteiger partial charge is 0.373 e. The molecular weight excluding hydrogens is 123 g/mol. The third-order valence-electron chi connectivity index (χ3n) is 1.18. The third-order valence-corrected chi connectivity index (χ3v) is 1.18. The quantitative estimate of drug-likeness (QED) is 0.325. The second-order valence-corrected chi connectivity index (χ2v) is 2.22. The van der Waals surface area contributed by atoms with Gasteiger partial charge in [0.15, 0.2) is 0 Å². The van der Waals surface area contributed by atoms with Crippen LogP contribution in [0.25, 0.3) is 0 Å². The van der Waals surface area contributed by atoms with Crippen molar-refractivity contribution in [2.75, 3.05) is 0 Å². The first-order valence-electron chi connectivity index (χ1n) is 2.96. The Morgan fingerprint density at radius 3 is 2.20 bits per heavy atom. The van der Waals surface area contributed by atoms with Gasteiger partial charge in [0.25, 0.3) is 0 Å².